The number of aryl methyl sites for hydroxylation is 1. The van der Waals surface area contributed by atoms with Crippen LogP contribution in [0.25, 0.3) is 0 Å². The van der Waals surface area contributed by atoms with E-state index in [1.54, 1.807) is 12.3 Å². The Labute approximate surface area is 91.4 Å². The fourth-order valence-electron chi connectivity index (χ4n) is 0.973. The van der Waals surface area contributed by atoms with Crippen molar-refractivity contribution in [3.63, 3.8) is 0 Å². The van der Waals surface area contributed by atoms with Gasteiger partial charge < -0.3 is 5.32 Å². The molecule has 1 aromatic heterocycles. The van der Waals surface area contributed by atoms with Crippen molar-refractivity contribution in [1.82, 2.24) is 4.98 Å². The molecule has 14 heavy (non-hydrogen) atoms. The predicted molar refractivity (Wildman–Crippen MR) is 60.1 cm³/mol. The lowest BCUT2D eigenvalue weighted by Gasteiger charge is -2.05. The molecule has 0 unspecified atom stereocenters. The monoisotopic (exact) mass is 254 g/mol. The van der Waals surface area contributed by atoms with Gasteiger partial charge >= 0.3 is 0 Å². The van der Waals surface area contributed by atoms with E-state index in [2.05, 4.69) is 32.8 Å². The number of halogens is 1. The summed E-state index contributed by atoms with van der Waals surface area (Å²) in [6, 6.07) is 1.86. The molecule has 1 amide bonds. The first-order chi connectivity index (χ1) is 6.63. The first kappa shape index (κ1) is 10.9. The highest BCUT2D eigenvalue weighted by Crippen LogP contribution is 2.20. The lowest BCUT2D eigenvalue weighted by atomic mass is 10.3. The molecule has 1 rings (SSSR count). The van der Waals surface area contributed by atoms with Crippen LogP contribution in [0.2, 0.25) is 0 Å². The Kier molecular flexibility index (Phi) is 3.83. The zero-order chi connectivity index (χ0) is 10.6. The van der Waals surface area contributed by atoms with Gasteiger partial charge in [0.15, 0.2) is 0 Å². The quantitative estimate of drug-likeness (QED) is 0.666. The molecule has 0 spiro atoms. The van der Waals surface area contributed by atoms with Crippen LogP contribution in [0.4, 0.5) is 5.69 Å². The van der Waals surface area contributed by atoms with Crippen molar-refractivity contribution in [2.75, 3.05) is 5.32 Å². The van der Waals surface area contributed by atoms with Gasteiger partial charge in [0, 0.05) is 12.6 Å². The van der Waals surface area contributed by atoms with E-state index in [1.165, 1.54) is 0 Å². The number of hydrogen-bond acceptors (Lipinski definition) is 2. The van der Waals surface area contributed by atoms with E-state index >= 15 is 0 Å². The van der Waals surface area contributed by atoms with Gasteiger partial charge in [0.1, 0.15) is 4.60 Å². The minimum atomic E-state index is -0.0897. The number of carbonyl (C=O) groups excluding carboxylic acids is 1. The number of amides is 1. The van der Waals surface area contributed by atoms with Crippen LogP contribution in [0.15, 0.2) is 29.5 Å². The standard InChI is InChI=1S/C10H11BrN2O/c1-3-4-9(14)13-8-5-7(2)6-12-10(8)11/h3,5-6H,1,4H2,2H3,(H,13,14). The molecular weight excluding hydrogens is 244 g/mol. The second-order valence-electron chi connectivity index (χ2n) is 2.89. The summed E-state index contributed by atoms with van der Waals surface area (Å²) >= 11 is 3.26. The van der Waals surface area contributed by atoms with Gasteiger partial charge in [-0.05, 0) is 34.5 Å². The van der Waals surface area contributed by atoms with E-state index in [-0.39, 0.29) is 5.91 Å². The number of anilines is 1. The molecule has 0 aromatic carbocycles. The van der Waals surface area contributed by atoms with Crippen LogP contribution in [-0.4, -0.2) is 10.9 Å². The van der Waals surface area contributed by atoms with E-state index in [0.717, 1.165) is 5.56 Å². The summed E-state index contributed by atoms with van der Waals surface area (Å²) in [5, 5.41) is 2.73. The van der Waals surface area contributed by atoms with Crippen molar-refractivity contribution in [3.8, 4) is 0 Å². The number of rotatable bonds is 3. The van der Waals surface area contributed by atoms with Gasteiger partial charge in [-0.25, -0.2) is 4.98 Å². The molecule has 0 saturated carbocycles. The molecule has 0 aliphatic carbocycles. The van der Waals surface area contributed by atoms with Crippen LogP contribution in [0, 0.1) is 6.92 Å². The molecule has 1 heterocycles. The molecule has 0 aliphatic heterocycles. The average molecular weight is 255 g/mol. The SMILES string of the molecule is C=CCC(=O)Nc1cc(C)cnc1Br. The fraction of sp³-hybridized carbons (Fsp3) is 0.200. The predicted octanol–water partition coefficient (Wildman–Crippen LogP) is 2.67. The molecule has 0 bridgehead atoms. The largest absolute Gasteiger partial charge is 0.323 e. The summed E-state index contributed by atoms with van der Waals surface area (Å²) in [7, 11) is 0. The number of nitrogens with one attached hydrogen (secondary N) is 1. The van der Waals surface area contributed by atoms with Gasteiger partial charge in [-0.15, -0.1) is 6.58 Å². The van der Waals surface area contributed by atoms with E-state index in [0.29, 0.717) is 16.7 Å². The summed E-state index contributed by atoms with van der Waals surface area (Å²) in [5.74, 6) is -0.0897. The lowest BCUT2D eigenvalue weighted by molar-refractivity contribution is -0.115. The minimum Gasteiger partial charge on any atom is -0.323 e. The molecular formula is C10H11BrN2O. The Bertz CT molecular complexity index is 363. The van der Waals surface area contributed by atoms with Gasteiger partial charge in [0.2, 0.25) is 5.91 Å². The van der Waals surface area contributed by atoms with Gasteiger partial charge in [-0.1, -0.05) is 6.08 Å². The Morgan fingerprint density at radius 3 is 3.14 bits per heavy atom. The Hall–Kier alpha value is -1.16. The van der Waals surface area contributed by atoms with E-state index in [1.807, 2.05) is 13.0 Å². The highest BCUT2D eigenvalue weighted by atomic mass is 79.9. The maximum atomic E-state index is 11.2. The first-order valence-corrected chi connectivity index (χ1v) is 4.95. The second-order valence-corrected chi connectivity index (χ2v) is 3.64. The number of pyridine rings is 1. The maximum absolute atomic E-state index is 11.2. The van der Waals surface area contributed by atoms with E-state index < -0.39 is 0 Å². The number of hydrogen-bond donors (Lipinski definition) is 1. The molecule has 1 N–H and O–H groups in total. The van der Waals surface area contributed by atoms with Gasteiger partial charge in [-0.2, -0.15) is 0 Å². The van der Waals surface area contributed by atoms with Crippen LogP contribution in [0.1, 0.15) is 12.0 Å². The lowest BCUT2D eigenvalue weighted by Crippen LogP contribution is -2.10. The van der Waals surface area contributed by atoms with Crippen molar-refractivity contribution < 1.29 is 4.79 Å². The number of nitrogens with zero attached hydrogens (tertiary/aromatic N) is 1. The summed E-state index contributed by atoms with van der Waals surface area (Å²) in [6.07, 6.45) is 3.60. The molecule has 0 radical (unpaired) electrons. The second kappa shape index (κ2) is 4.91. The first-order valence-electron chi connectivity index (χ1n) is 4.16. The third kappa shape index (κ3) is 2.96. The molecule has 74 valence electrons. The number of aromatic nitrogens is 1. The molecule has 0 fully saturated rings. The molecule has 0 aliphatic rings. The van der Waals surface area contributed by atoms with Crippen LogP contribution in [0.3, 0.4) is 0 Å². The van der Waals surface area contributed by atoms with Crippen molar-refractivity contribution in [2.24, 2.45) is 0 Å². The van der Waals surface area contributed by atoms with E-state index in [9.17, 15) is 4.79 Å². The maximum Gasteiger partial charge on any atom is 0.228 e. The molecule has 1 aromatic rings. The highest BCUT2D eigenvalue weighted by Gasteiger charge is 2.04. The van der Waals surface area contributed by atoms with Gasteiger partial charge in [-0.3, -0.25) is 4.79 Å². The molecule has 4 heteroatoms. The van der Waals surface area contributed by atoms with Gasteiger partial charge in [0.05, 0.1) is 5.69 Å². The van der Waals surface area contributed by atoms with Crippen LogP contribution in [-0.2, 0) is 4.79 Å². The molecule has 0 saturated heterocycles. The van der Waals surface area contributed by atoms with Crippen molar-refractivity contribution in [2.45, 2.75) is 13.3 Å². The topological polar surface area (TPSA) is 42.0 Å². The Morgan fingerprint density at radius 1 is 1.79 bits per heavy atom. The summed E-state index contributed by atoms with van der Waals surface area (Å²) in [5.41, 5.74) is 1.69. The van der Waals surface area contributed by atoms with Crippen molar-refractivity contribution >= 4 is 27.5 Å². The summed E-state index contributed by atoms with van der Waals surface area (Å²) in [4.78, 5) is 15.3. The van der Waals surface area contributed by atoms with Crippen LogP contribution < -0.4 is 5.32 Å². The van der Waals surface area contributed by atoms with Gasteiger partial charge in [0.25, 0.3) is 0 Å². The van der Waals surface area contributed by atoms with Crippen molar-refractivity contribution in [3.05, 3.63) is 35.1 Å². The van der Waals surface area contributed by atoms with Crippen molar-refractivity contribution in [1.29, 1.82) is 0 Å². The normalized spacial score (nSPS) is 9.57. The minimum absolute atomic E-state index is 0.0897. The third-order valence-corrected chi connectivity index (χ3v) is 2.21. The summed E-state index contributed by atoms with van der Waals surface area (Å²) in [6.45, 7) is 5.41. The zero-order valence-corrected chi connectivity index (χ0v) is 9.47. The zero-order valence-electron chi connectivity index (χ0n) is 7.88. The third-order valence-electron chi connectivity index (χ3n) is 1.58. The van der Waals surface area contributed by atoms with Crippen LogP contribution in [0.5, 0.6) is 0 Å². The Morgan fingerprint density at radius 2 is 2.50 bits per heavy atom. The Balaban J connectivity index is 2.80. The smallest absolute Gasteiger partial charge is 0.228 e. The molecule has 0 atom stereocenters. The average Bonchev–Trinajstić information content (AvgIpc) is 2.12. The highest BCUT2D eigenvalue weighted by molar-refractivity contribution is 9.10. The fourth-order valence-corrected chi connectivity index (χ4v) is 1.29. The number of carbonyl (C=O) groups is 1. The van der Waals surface area contributed by atoms with Crippen LogP contribution >= 0.6 is 15.9 Å². The molecule has 3 nitrogen and oxygen atoms in total. The summed E-state index contributed by atoms with van der Waals surface area (Å²) < 4.78 is 0.639. The van der Waals surface area contributed by atoms with E-state index in [4.69, 9.17) is 0 Å².